The molecule has 272 valence electrons. The van der Waals surface area contributed by atoms with Gasteiger partial charge >= 0.3 is 0 Å². The SMILES string of the molecule is CO[C@@H]1C(=O)c2c(cc3cc(O[C@H]4CC(O[C@H]5CC(O)[C@H](O)C(C)O5)[C@H](O)C(C)O4)c(C)c(O)c3c2O)CC1[C@H](OC)C(=O)[C@@H](O)[C@@H](C)O. The molecule has 13 atom stereocenters. The van der Waals surface area contributed by atoms with Crippen LogP contribution >= 0.6 is 0 Å². The van der Waals surface area contributed by atoms with Crippen LogP contribution in [0.5, 0.6) is 17.2 Å². The number of methoxy groups -OCH3 is 2. The van der Waals surface area contributed by atoms with Crippen LogP contribution in [0.15, 0.2) is 12.1 Å². The number of hydrogen-bond donors (Lipinski definition) is 7. The lowest BCUT2D eigenvalue weighted by Gasteiger charge is -2.41. The zero-order chi connectivity index (χ0) is 36.1. The summed E-state index contributed by atoms with van der Waals surface area (Å²) in [4.78, 5) is 26.8. The number of benzene rings is 2. The van der Waals surface area contributed by atoms with Crippen LogP contribution in [0.25, 0.3) is 10.8 Å². The van der Waals surface area contributed by atoms with Gasteiger partial charge < -0.3 is 64.2 Å². The fraction of sp³-hybridized carbons (Fsp3) is 0.647. The molecular weight excluding hydrogens is 648 g/mol. The number of phenolic OH excluding ortho intramolecular Hbond substituents is 2. The normalized spacial score (nSPS) is 33.9. The monoisotopic (exact) mass is 694 g/mol. The summed E-state index contributed by atoms with van der Waals surface area (Å²) in [5.74, 6) is -3.07. The van der Waals surface area contributed by atoms with Crippen molar-refractivity contribution in [3.63, 3.8) is 0 Å². The Morgan fingerprint density at radius 1 is 0.959 bits per heavy atom. The highest BCUT2D eigenvalue weighted by Gasteiger charge is 2.47. The molecule has 2 aromatic carbocycles. The van der Waals surface area contributed by atoms with Gasteiger partial charge in [0.25, 0.3) is 0 Å². The molecule has 7 N–H and O–H groups in total. The zero-order valence-corrected chi connectivity index (χ0v) is 28.2. The first kappa shape index (κ1) is 37.3. The van der Waals surface area contributed by atoms with Gasteiger partial charge in [-0.15, -0.1) is 0 Å². The first-order valence-electron chi connectivity index (χ1n) is 16.3. The number of rotatable bonds is 10. The van der Waals surface area contributed by atoms with Crippen molar-refractivity contribution in [2.75, 3.05) is 14.2 Å². The Labute approximate surface area is 282 Å². The Kier molecular flexibility index (Phi) is 11.2. The summed E-state index contributed by atoms with van der Waals surface area (Å²) in [5.41, 5.74) is 0.468. The van der Waals surface area contributed by atoms with Gasteiger partial charge in [-0.25, -0.2) is 0 Å². The van der Waals surface area contributed by atoms with E-state index in [0.29, 0.717) is 10.9 Å². The molecule has 0 bridgehead atoms. The summed E-state index contributed by atoms with van der Waals surface area (Å²) in [7, 11) is 2.51. The number of aromatic hydroxyl groups is 2. The minimum Gasteiger partial charge on any atom is -0.507 e. The number of carbonyl (C=O) groups is 2. The molecule has 0 spiro atoms. The van der Waals surface area contributed by atoms with Crippen LogP contribution < -0.4 is 4.74 Å². The lowest BCUT2D eigenvalue weighted by atomic mass is 9.75. The van der Waals surface area contributed by atoms with E-state index in [1.54, 1.807) is 32.9 Å². The van der Waals surface area contributed by atoms with Crippen LogP contribution in [0.1, 0.15) is 55.1 Å². The predicted octanol–water partition coefficient (Wildman–Crippen LogP) is 0.372. The molecule has 15 nitrogen and oxygen atoms in total. The number of ketones is 2. The summed E-state index contributed by atoms with van der Waals surface area (Å²) in [6, 6.07) is 3.14. The standard InChI is InChI=1S/C34H46O15/c1-12-20(48-23-11-21(29(40)15(4)47-23)49-22-10-19(36)28(39)14(3)46-22)9-17-7-16-8-18(34(45-6)32(43)27(38)13(2)35)33(44-5)31(42)25(16)30(41)24(17)26(12)37/h7,9,13-15,18-19,21-23,27-29,33-41H,8,10-11H2,1-6H3/t13-,14?,15?,18?,19?,21?,22+,23+,27+,28-,29-,33+,34+/m1/s1. The van der Waals surface area contributed by atoms with E-state index in [9.17, 15) is 45.3 Å². The summed E-state index contributed by atoms with van der Waals surface area (Å²) >= 11 is 0. The van der Waals surface area contributed by atoms with Crippen molar-refractivity contribution in [2.24, 2.45) is 5.92 Å². The first-order valence-corrected chi connectivity index (χ1v) is 16.3. The summed E-state index contributed by atoms with van der Waals surface area (Å²) in [5, 5.41) is 74.1. The lowest BCUT2D eigenvalue weighted by molar-refractivity contribution is -0.298. The smallest absolute Gasteiger partial charge is 0.202 e. The van der Waals surface area contributed by atoms with Crippen LogP contribution in [0.2, 0.25) is 0 Å². The Morgan fingerprint density at radius 3 is 2.22 bits per heavy atom. The van der Waals surface area contributed by atoms with Crippen LogP contribution in [0.3, 0.4) is 0 Å². The molecule has 5 rings (SSSR count). The van der Waals surface area contributed by atoms with Crippen molar-refractivity contribution in [2.45, 2.75) is 121 Å². The molecule has 5 unspecified atom stereocenters. The molecule has 0 saturated carbocycles. The summed E-state index contributed by atoms with van der Waals surface area (Å²) in [6.45, 7) is 6.04. The third-order valence-electron chi connectivity index (χ3n) is 9.85. The fourth-order valence-corrected chi connectivity index (χ4v) is 7.04. The second-order valence-electron chi connectivity index (χ2n) is 13.2. The third-order valence-corrected chi connectivity index (χ3v) is 9.85. The Balaban J connectivity index is 1.44. The van der Waals surface area contributed by atoms with E-state index < -0.39 is 96.9 Å². The maximum atomic E-state index is 13.7. The van der Waals surface area contributed by atoms with E-state index in [2.05, 4.69) is 0 Å². The Bertz CT molecular complexity index is 1530. The van der Waals surface area contributed by atoms with E-state index >= 15 is 0 Å². The van der Waals surface area contributed by atoms with Crippen LogP contribution in [-0.2, 0) is 34.9 Å². The van der Waals surface area contributed by atoms with Gasteiger partial charge in [0, 0.05) is 38.5 Å². The van der Waals surface area contributed by atoms with Gasteiger partial charge in [0.15, 0.2) is 17.9 Å². The maximum absolute atomic E-state index is 13.7. The van der Waals surface area contributed by atoms with Crippen LogP contribution in [0, 0.1) is 12.8 Å². The lowest BCUT2D eigenvalue weighted by Crippen LogP contribution is -2.53. The number of phenols is 2. The van der Waals surface area contributed by atoms with Gasteiger partial charge in [-0.3, -0.25) is 9.59 Å². The van der Waals surface area contributed by atoms with E-state index in [1.807, 2.05) is 0 Å². The largest absolute Gasteiger partial charge is 0.507 e. The van der Waals surface area contributed by atoms with Crippen molar-refractivity contribution in [1.29, 1.82) is 0 Å². The van der Waals surface area contributed by atoms with Gasteiger partial charge in [0.05, 0.1) is 41.5 Å². The molecule has 3 aliphatic rings. The third kappa shape index (κ3) is 7.02. The van der Waals surface area contributed by atoms with Gasteiger partial charge in [-0.1, -0.05) is 0 Å². The van der Waals surface area contributed by atoms with Crippen molar-refractivity contribution < 1.29 is 73.8 Å². The number of aliphatic hydroxyl groups excluding tert-OH is 5. The predicted molar refractivity (Wildman–Crippen MR) is 169 cm³/mol. The highest BCUT2D eigenvalue weighted by molar-refractivity contribution is 6.11. The van der Waals surface area contributed by atoms with Crippen LogP contribution in [0.4, 0.5) is 0 Å². The zero-order valence-electron chi connectivity index (χ0n) is 28.2. The summed E-state index contributed by atoms with van der Waals surface area (Å²) < 4.78 is 34.6. The van der Waals surface area contributed by atoms with Crippen molar-refractivity contribution >= 4 is 22.3 Å². The Hall–Kier alpha value is -2.96. The van der Waals surface area contributed by atoms with Crippen molar-refractivity contribution in [1.82, 2.24) is 0 Å². The number of fused-ring (bicyclic) bond motifs is 2. The minimum absolute atomic E-state index is 0.00156. The fourth-order valence-electron chi connectivity index (χ4n) is 7.04. The minimum atomic E-state index is -1.77. The molecule has 1 aliphatic carbocycles. The molecule has 0 radical (unpaired) electrons. The molecule has 0 aromatic heterocycles. The molecule has 2 fully saturated rings. The average molecular weight is 695 g/mol. The number of aliphatic hydroxyl groups is 5. The number of hydrogen-bond acceptors (Lipinski definition) is 15. The molecule has 2 saturated heterocycles. The topological polar surface area (TPSA) is 231 Å². The quantitative estimate of drug-likeness (QED) is 0.178. The van der Waals surface area contributed by atoms with Crippen LogP contribution in [-0.4, -0.2) is 135 Å². The average Bonchev–Trinajstić information content (AvgIpc) is 3.04. The van der Waals surface area contributed by atoms with Gasteiger partial charge in [0.2, 0.25) is 6.29 Å². The number of Topliss-reactive ketones (excluding diaryl/α,β-unsaturated/α-hetero) is 2. The molecular formula is C34H46O15. The highest BCUT2D eigenvalue weighted by atomic mass is 16.7. The maximum Gasteiger partial charge on any atom is 0.202 e. The molecule has 49 heavy (non-hydrogen) atoms. The van der Waals surface area contributed by atoms with Gasteiger partial charge in [0.1, 0.15) is 47.8 Å². The Morgan fingerprint density at radius 2 is 1.61 bits per heavy atom. The molecule has 15 heteroatoms. The molecule has 2 aromatic rings. The van der Waals surface area contributed by atoms with Gasteiger partial charge in [-0.05, 0) is 57.2 Å². The van der Waals surface area contributed by atoms with E-state index in [-0.39, 0.29) is 47.3 Å². The second-order valence-corrected chi connectivity index (χ2v) is 13.2. The van der Waals surface area contributed by atoms with Crippen molar-refractivity contribution in [3.05, 3.63) is 28.8 Å². The molecule has 0 amide bonds. The highest BCUT2D eigenvalue weighted by Crippen LogP contribution is 2.46. The van der Waals surface area contributed by atoms with Crippen molar-refractivity contribution in [3.8, 4) is 17.2 Å². The first-order chi connectivity index (χ1) is 23.1. The molecule has 2 aliphatic heterocycles. The second kappa shape index (κ2) is 14.7. The molecule has 2 heterocycles. The van der Waals surface area contributed by atoms with E-state index in [1.165, 1.54) is 21.1 Å². The number of carbonyl (C=O) groups excluding carboxylic acids is 2. The summed E-state index contributed by atoms with van der Waals surface area (Å²) in [6.07, 6.45) is -13.0. The van der Waals surface area contributed by atoms with Gasteiger partial charge in [-0.2, -0.15) is 0 Å². The number of ether oxygens (including phenoxy) is 6. The van der Waals surface area contributed by atoms with E-state index in [4.69, 9.17) is 28.4 Å². The van der Waals surface area contributed by atoms with E-state index in [0.717, 1.165) is 0 Å².